The van der Waals surface area contributed by atoms with E-state index < -0.39 is 12.3 Å². The summed E-state index contributed by atoms with van der Waals surface area (Å²) >= 11 is 5.88. The van der Waals surface area contributed by atoms with Gasteiger partial charge in [0.1, 0.15) is 18.4 Å². The van der Waals surface area contributed by atoms with Crippen LogP contribution in [0.1, 0.15) is 27.0 Å². The van der Waals surface area contributed by atoms with Gasteiger partial charge in [0.2, 0.25) is 0 Å². The molecule has 21 heavy (non-hydrogen) atoms. The standard InChI is InChI=1S/C15H17ClN4O/c1-15(2,3)13(17-4)14(20-10-18-9-19-20)21-12-7-5-11(16)6-8-12/h5-10,13-14H,1-3H3. The summed E-state index contributed by atoms with van der Waals surface area (Å²) in [5, 5.41) is 4.76. The van der Waals surface area contributed by atoms with Crippen LogP contribution in [-0.4, -0.2) is 20.8 Å². The van der Waals surface area contributed by atoms with E-state index in [9.17, 15) is 0 Å². The number of nitrogens with zero attached hydrogens (tertiary/aromatic N) is 4. The quantitative estimate of drug-likeness (QED) is 0.806. The van der Waals surface area contributed by atoms with Crippen molar-refractivity contribution < 1.29 is 4.74 Å². The summed E-state index contributed by atoms with van der Waals surface area (Å²) < 4.78 is 7.55. The van der Waals surface area contributed by atoms with Gasteiger partial charge >= 0.3 is 0 Å². The third-order valence-electron chi connectivity index (χ3n) is 3.06. The molecule has 0 saturated heterocycles. The highest BCUT2D eigenvalue weighted by molar-refractivity contribution is 6.30. The molecule has 1 aromatic heterocycles. The lowest BCUT2D eigenvalue weighted by atomic mass is 9.86. The van der Waals surface area contributed by atoms with Crippen LogP contribution in [-0.2, 0) is 0 Å². The molecule has 2 unspecified atom stereocenters. The molecule has 6 heteroatoms. The average molecular weight is 305 g/mol. The largest absolute Gasteiger partial charge is 0.460 e. The predicted octanol–water partition coefficient (Wildman–Crippen LogP) is 3.84. The van der Waals surface area contributed by atoms with Crippen molar-refractivity contribution >= 4 is 11.6 Å². The van der Waals surface area contributed by atoms with E-state index >= 15 is 0 Å². The molecular weight excluding hydrogens is 288 g/mol. The van der Waals surface area contributed by atoms with Crippen LogP contribution in [0.4, 0.5) is 0 Å². The van der Waals surface area contributed by atoms with Crippen molar-refractivity contribution in [2.75, 3.05) is 0 Å². The van der Waals surface area contributed by atoms with Crippen molar-refractivity contribution in [2.24, 2.45) is 5.41 Å². The highest BCUT2D eigenvalue weighted by atomic mass is 35.5. The summed E-state index contributed by atoms with van der Waals surface area (Å²) in [6.45, 7) is 13.5. The highest BCUT2D eigenvalue weighted by Gasteiger charge is 2.41. The van der Waals surface area contributed by atoms with Crippen molar-refractivity contribution in [1.29, 1.82) is 0 Å². The van der Waals surface area contributed by atoms with Gasteiger partial charge in [-0.15, -0.1) is 0 Å². The lowest BCUT2D eigenvalue weighted by Gasteiger charge is -2.28. The monoisotopic (exact) mass is 304 g/mol. The number of rotatable bonds is 4. The molecule has 2 rings (SSSR count). The fourth-order valence-electron chi connectivity index (χ4n) is 1.95. The van der Waals surface area contributed by atoms with E-state index in [-0.39, 0.29) is 5.41 Å². The van der Waals surface area contributed by atoms with Crippen LogP contribution in [0.25, 0.3) is 4.85 Å². The summed E-state index contributed by atoms with van der Waals surface area (Å²) in [5.41, 5.74) is -0.259. The summed E-state index contributed by atoms with van der Waals surface area (Å²) in [5.74, 6) is 0.637. The Morgan fingerprint density at radius 3 is 2.43 bits per heavy atom. The third kappa shape index (κ3) is 3.73. The van der Waals surface area contributed by atoms with Gasteiger partial charge in [0.25, 0.3) is 12.3 Å². The Morgan fingerprint density at radius 1 is 1.29 bits per heavy atom. The van der Waals surface area contributed by atoms with Crippen LogP contribution in [0.15, 0.2) is 36.9 Å². The number of hydrogen-bond acceptors (Lipinski definition) is 3. The van der Waals surface area contributed by atoms with Crippen molar-refractivity contribution in [2.45, 2.75) is 33.0 Å². The lowest BCUT2D eigenvalue weighted by Crippen LogP contribution is -2.36. The molecule has 0 fully saturated rings. The maximum Gasteiger partial charge on any atom is 0.285 e. The molecule has 1 aromatic carbocycles. The van der Waals surface area contributed by atoms with E-state index in [0.717, 1.165) is 0 Å². The number of aromatic nitrogens is 3. The van der Waals surface area contributed by atoms with E-state index in [2.05, 4.69) is 14.9 Å². The molecule has 0 bridgehead atoms. The Hall–Kier alpha value is -2.06. The molecule has 2 atom stereocenters. The molecule has 110 valence electrons. The number of ether oxygens (including phenoxy) is 1. The summed E-state index contributed by atoms with van der Waals surface area (Å²) in [4.78, 5) is 7.69. The predicted molar refractivity (Wildman–Crippen MR) is 81.0 cm³/mol. The van der Waals surface area contributed by atoms with E-state index in [4.69, 9.17) is 22.9 Å². The van der Waals surface area contributed by atoms with Gasteiger partial charge < -0.3 is 9.58 Å². The van der Waals surface area contributed by atoms with E-state index in [1.807, 2.05) is 20.8 Å². The van der Waals surface area contributed by atoms with Crippen LogP contribution >= 0.6 is 11.6 Å². The van der Waals surface area contributed by atoms with Crippen LogP contribution < -0.4 is 4.74 Å². The van der Waals surface area contributed by atoms with E-state index in [1.54, 1.807) is 35.3 Å². The summed E-state index contributed by atoms with van der Waals surface area (Å²) in [7, 11) is 0. The van der Waals surface area contributed by atoms with Crippen molar-refractivity contribution in [1.82, 2.24) is 14.8 Å². The van der Waals surface area contributed by atoms with Gasteiger partial charge in [0, 0.05) is 10.4 Å². The van der Waals surface area contributed by atoms with E-state index in [1.165, 1.54) is 6.33 Å². The van der Waals surface area contributed by atoms with Gasteiger partial charge in [-0.2, -0.15) is 5.10 Å². The van der Waals surface area contributed by atoms with Crippen molar-refractivity contribution in [3.63, 3.8) is 0 Å². The molecule has 0 N–H and O–H groups in total. The molecule has 5 nitrogen and oxygen atoms in total. The fraction of sp³-hybridized carbons (Fsp3) is 0.400. The fourth-order valence-corrected chi connectivity index (χ4v) is 2.08. The molecule has 0 saturated carbocycles. The smallest absolute Gasteiger partial charge is 0.285 e. The second-order valence-corrected chi connectivity index (χ2v) is 6.21. The zero-order chi connectivity index (χ0) is 15.5. The first kappa shape index (κ1) is 15.3. The number of benzene rings is 1. The second-order valence-electron chi connectivity index (χ2n) is 5.78. The molecular formula is C15H17ClN4O. The number of halogens is 1. The Balaban J connectivity index is 2.33. The van der Waals surface area contributed by atoms with Gasteiger partial charge in [0.05, 0.1) is 0 Å². The topological polar surface area (TPSA) is 44.3 Å². The maximum atomic E-state index is 7.51. The zero-order valence-corrected chi connectivity index (χ0v) is 12.9. The highest BCUT2D eigenvalue weighted by Crippen LogP contribution is 2.33. The maximum absolute atomic E-state index is 7.51. The van der Waals surface area contributed by atoms with Crippen LogP contribution in [0.5, 0.6) is 5.75 Å². The molecule has 0 aliphatic rings. The average Bonchev–Trinajstić information content (AvgIpc) is 2.93. The number of hydrogen-bond donors (Lipinski definition) is 0. The Morgan fingerprint density at radius 2 is 1.95 bits per heavy atom. The first-order valence-corrected chi connectivity index (χ1v) is 6.92. The summed E-state index contributed by atoms with van der Waals surface area (Å²) in [6, 6.07) is 6.64. The minimum atomic E-state index is -0.550. The molecule has 1 heterocycles. The molecule has 0 spiro atoms. The van der Waals surface area contributed by atoms with Crippen molar-refractivity contribution in [3.05, 3.63) is 53.4 Å². The minimum absolute atomic E-state index is 0.259. The Kier molecular flexibility index (Phi) is 4.49. The molecule has 0 radical (unpaired) electrons. The van der Waals surface area contributed by atoms with Crippen LogP contribution in [0, 0.1) is 12.0 Å². The Bertz CT molecular complexity index is 611. The normalized spacial score (nSPS) is 14.2. The van der Waals surface area contributed by atoms with Gasteiger partial charge in [-0.25, -0.2) is 16.2 Å². The summed E-state index contributed by atoms with van der Waals surface area (Å²) in [6.07, 6.45) is 2.44. The second kappa shape index (κ2) is 6.15. The van der Waals surface area contributed by atoms with Gasteiger partial charge in [-0.1, -0.05) is 32.4 Å². The van der Waals surface area contributed by atoms with Crippen molar-refractivity contribution in [3.8, 4) is 5.75 Å². The zero-order valence-electron chi connectivity index (χ0n) is 12.2. The third-order valence-corrected chi connectivity index (χ3v) is 3.32. The first-order chi connectivity index (χ1) is 9.91. The molecule has 2 aromatic rings. The minimum Gasteiger partial charge on any atom is -0.460 e. The molecule has 0 amide bonds. The Labute approximate surface area is 129 Å². The molecule has 0 aliphatic heterocycles. The van der Waals surface area contributed by atoms with Gasteiger partial charge in [-0.05, 0) is 24.3 Å². The SMILES string of the molecule is [C-]#[N+]C(C(Oc1ccc(Cl)cc1)n1cncn1)C(C)(C)C. The van der Waals surface area contributed by atoms with E-state index in [0.29, 0.717) is 10.8 Å². The van der Waals surface area contributed by atoms with Crippen LogP contribution in [0.3, 0.4) is 0 Å². The van der Waals surface area contributed by atoms with Gasteiger partial charge in [0.15, 0.2) is 0 Å². The molecule has 0 aliphatic carbocycles. The first-order valence-electron chi connectivity index (χ1n) is 6.54. The lowest BCUT2D eigenvalue weighted by molar-refractivity contribution is 0.0625. The van der Waals surface area contributed by atoms with Gasteiger partial charge in [-0.3, -0.25) is 0 Å². The van der Waals surface area contributed by atoms with Crippen LogP contribution in [0.2, 0.25) is 5.02 Å².